The number of hydrogen-bond donors (Lipinski definition) is 3. The van der Waals surface area contributed by atoms with Crippen LogP contribution in [-0.4, -0.2) is 34.3 Å². The van der Waals surface area contributed by atoms with E-state index in [-0.39, 0.29) is 22.5 Å². The highest BCUT2D eigenvalue weighted by atomic mass is 35.5. The van der Waals surface area contributed by atoms with Gasteiger partial charge in [-0.1, -0.05) is 23.2 Å². The monoisotopic (exact) mass is 252 g/mol. The van der Waals surface area contributed by atoms with Gasteiger partial charge in [0.25, 0.3) is 0 Å². The smallest absolute Gasteiger partial charge is 0.356 e. The number of nitrogens with zero attached hydrogens (tertiary/aromatic N) is 1. The van der Waals surface area contributed by atoms with Gasteiger partial charge in [-0.25, -0.2) is 9.78 Å². The Kier molecular flexibility index (Phi) is 6.98. The molecule has 0 aromatic carbocycles. The van der Waals surface area contributed by atoms with Gasteiger partial charge in [0.05, 0.1) is 11.6 Å². The molecule has 1 heterocycles. The number of pyridine rings is 1. The van der Waals surface area contributed by atoms with Crippen LogP contribution in [0.4, 0.5) is 0 Å². The Labute approximate surface area is 96.4 Å². The fourth-order valence-electron chi connectivity index (χ4n) is 0.568. The molecule has 0 aliphatic rings. The zero-order valence-corrected chi connectivity index (χ0v) is 9.16. The van der Waals surface area contributed by atoms with E-state index in [1.54, 1.807) is 0 Å². The maximum Gasteiger partial charge on any atom is 0.356 e. The van der Waals surface area contributed by atoms with Crippen LogP contribution in [0, 0.1) is 0 Å². The van der Waals surface area contributed by atoms with E-state index < -0.39 is 5.97 Å². The van der Waals surface area contributed by atoms with Gasteiger partial charge in [0.2, 0.25) is 0 Å². The molecule has 15 heavy (non-hydrogen) atoms. The lowest BCUT2D eigenvalue weighted by Gasteiger charge is -1.96. The van der Waals surface area contributed by atoms with Crippen LogP contribution in [0.2, 0.25) is 10.2 Å². The normalized spacial score (nSPS) is 9.07. The highest BCUT2D eigenvalue weighted by Crippen LogP contribution is 2.16. The SMILES string of the molecule is NCCO.O=C(O)c1nc(Cl)ccc1Cl. The topological polar surface area (TPSA) is 96.4 Å². The molecule has 0 saturated heterocycles. The Balaban J connectivity index is 0.000000423. The van der Waals surface area contributed by atoms with E-state index in [1.807, 2.05) is 0 Å². The van der Waals surface area contributed by atoms with Crippen molar-refractivity contribution < 1.29 is 15.0 Å². The zero-order valence-electron chi connectivity index (χ0n) is 7.65. The molecule has 7 heteroatoms. The Bertz CT molecular complexity index is 332. The van der Waals surface area contributed by atoms with Gasteiger partial charge in [-0.2, -0.15) is 0 Å². The second-order valence-electron chi connectivity index (χ2n) is 2.28. The summed E-state index contributed by atoms with van der Waals surface area (Å²) in [4.78, 5) is 13.9. The van der Waals surface area contributed by atoms with Crippen molar-refractivity contribution in [3.63, 3.8) is 0 Å². The first-order valence-corrected chi connectivity index (χ1v) is 4.64. The number of rotatable bonds is 2. The van der Waals surface area contributed by atoms with Gasteiger partial charge in [0.15, 0.2) is 5.69 Å². The Morgan fingerprint density at radius 2 is 2.00 bits per heavy atom. The van der Waals surface area contributed by atoms with Crippen LogP contribution in [0.1, 0.15) is 10.5 Å². The molecule has 0 saturated carbocycles. The Morgan fingerprint density at radius 1 is 1.47 bits per heavy atom. The molecular weight excluding hydrogens is 243 g/mol. The second kappa shape index (κ2) is 7.42. The van der Waals surface area contributed by atoms with Crippen LogP contribution in [-0.2, 0) is 0 Å². The molecule has 0 radical (unpaired) electrons. The standard InChI is InChI=1S/C6H3Cl2NO2.C2H7NO/c7-3-1-2-4(8)9-5(3)6(10)11;3-1-2-4/h1-2H,(H,10,11);4H,1-3H2. The van der Waals surface area contributed by atoms with Crippen LogP contribution in [0.5, 0.6) is 0 Å². The highest BCUT2D eigenvalue weighted by molar-refractivity contribution is 6.34. The minimum absolute atomic E-state index is 0.0851. The number of carboxylic acids is 1. The van der Waals surface area contributed by atoms with Gasteiger partial charge in [-0.15, -0.1) is 0 Å². The zero-order chi connectivity index (χ0) is 11.8. The average molecular weight is 253 g/mol. The van der Waals surface area contributed by atoms with Crippen LogP contribution in [0.3, 0.4) is 0 Å². The van der Waals surface area contributed by atoms with Gasteiger partial charge in [-0.3, -0.25) is 0 Å². The molecule has 0 bridgehead atoms. The van der Waals surface area contributed by atoms with E-state index in [0.29, 0.717) is 6.54 Å². The fraction of sp³-hybridized carbons (Fsp3) is 0.250. The third kappa shape index (κ3) is 5.54. The molecule has 1 rings (SSSR count). The average Bonchev–Trinajstić information content (AvgIpc) is 2.22. The number of carbonyl (C=O) groups is 1. The van der Waals surface area contributed by atoms with E-state index >= 15 is 0 Å². The quantitative estimate of drug-likeness (QED) is 0.684. The van der Waals surface area contributed by atoms with E-state index in [2.05, 4.69) is 4.98 Å². The number of aromatic carboxylic acids is 1. The Morgan fingerprint density at radius 3 is 2.33 bits per heavy atom. The summed E-state index contributed by atoms with van der Waals surface area (Å²) in [6.07, 6.45) is 0. The van der Waals surface area contributed by atoms with Crippen molar-refractivity contribution in [3.05, 3.63) is 28.0 Å². The first-order valence-electron chi connectivity index (χ1n) is 3.89. The molecule has 1 aromatic heterocycles. The first kappa shape index (κ1) is 14.1. The molecule has 0 unspecified atom stereocenters. The summed E-state index contributed by atoms with van der Waals surface area (Å²) in [6.45, 7) is 0.472. The third-order valence-corrected chi connectivity index (χ3v) is 1.66. The van der Waals surface area contributed by atoms with E-state index in [0.717, 1.165) is 0 Å². The molecule has 0 atom stereocenters. The second-order valence-corrected chi connectivity index (χ2v) is 3.08. The highest BCUT2D eigenvalue weighted by Gasteiger charge is 2.09. The summed E-state index contributed by atoms with van der Waals surface area (Å²) in [6, 6.07) is 2.82. The summed E-state index contributed by atoms with van der Waals surface area (Å²) in [5.41, 5.74) is 4.55. The van der Waals surface area contributed by atoms with E-state index in [9.17, 15) is 4.79 Å². The number of nitrogens with two attached hydrogens (primary N) is 1. The predicted octanol–water partition coefficient (Wildman–Crippen LogP) is 1.02. The van der Waals surface area contributed by atoms with Crippen LogP contribution >= 0.6 is 23.2 Å². The number of aliphatic hydroxyl groups excluding tert-OH is 1. The van der Waals surface area contributed by atoms with Gasteiger partial charge in [-0.05, 0) is 12.1 Å². The van der Waals surface area contributed by atoms with Gasteiger partial charge >= 0.3 is 5.97 Å². The summed E-state index contributed by atoms with van der Waals surface area (Å²) in [5, 5.41) is 16.4. The molecule has 0 aliphatic heterocycles. The molecule has 0 amide bonds. The summed E-state index contributed by atoms with van der Waals surface area (Å²) in [7, 11) is 0. The van der Waals surface area contributed by atoms with Crippen molar-refractivity contribution >= 4 is 29.2 Å². The summed E-state index contributed by atoms with van der Waals surface area (Å²) < 4.78 is 0. The van der Waals surface area contributed by atoms with Gasteiger partial charge < -0.3 is 15.9 Å². The predicted molar refractivity (Wildman–Crippen MR) is 57.4 cm³/mol. The van der Waals surface area contributed by atoms with Crippen molar-refractivity contribution in [2.75, 3.05) is 13.2 Å². The fourth-order valence-corrected chi connectivity index (χ4v) is 0.902. The number of halogens is 2. The van der Waals surface area contributed by atoms with Crippen LogP contribution < -0.4 is 5.73 Å². The maximum atomic E-state index is 10.4. The molecular formula is C8H10Cl2N2O3. The lowest BCUT2D eigenvalue weighted by atomic mass is 10.3. The van der Waals surface area contributed by atoms with E-state index in [1.165, 1.54) is 12.1 Å². The van der Waals surface area contributed by atoms with Crippen molar-refractivity contribution in [2.45, 2.75) is 0 Å². The summed E-state index contributed by atoms with van der Waals surface area (Å²) in [5.74, 6) is -1.18. The minimum atomic E-state index is -1.18. The summed E-state index contributed by atoms with van der Waals surface area (Å²) >= 11 is 10.9. The lowest BCUT2D eigenvalue weighted by molar-refractivity contribution is 0.0690. The van der Waals surface area contributed by atoms with Crippen molar-refractivity contribution in [1.82, 2.24) is 4.98 Å². The van der Waals surface area contributed by atoms with Crippen molar-refractivity contribution in [2.24, 2.45) is 5.73 Å². The molecule has 0 aliphatic carbocycles. The van der Waals surface area contributed by atoms with Crippen molar-refractivity contribution in [3.8, 4) is 0 Å². The molecule has 0 spiro atoms. The van der Waals surface area contributed by atoms with Crippen LogP contribution in [0.15, 0.2) is 12.1 Å². The van der Waals surface area contributed by atoms with Gasteiger partial charge in [0, 0.05) is 6.54 Å². The lowest BCUT2D eigenvalue weighted by Crippen LogP contribution is -2.02. The number of aromatic nitrogens is 1. The van der Waals surface area contributed by atoms with Crippen LogP contribution in [0.25, 0.3) is 0 Å². The minimum Gasteiger partial charge on any atom is -0.476 e. The number of aliphatic hydroxyl groups is 1. The molecule has 84 valence electrons. The van der Waals surface area contributed by atoms with Gasteiger partial charge in [0.1, 0.15) is 5.15 Å². The Hall–Kier alpha value is -0.880. The van der Waals surface area contributed by atoms with Crippen molar-refractivity contribution in [1.29, 1.82) is 0 Å². The molecule has 4 N–H and O–H groups in total. The third-order valence-electron chi connectivity index (χ3n) is 1.14. The number of carboxylic acid groups (broad SMARTS) is 1. The molecule has 1 aromatic rings. The largest absolute Gasteiger partial charge is 0.476 e. The molecule has 5 nitrogen and oxygen atoms in total. The maximum absolute atomic E-state index is 10.4. The van der Waals surface area contributed by atoms with E-state index in [4.69, 9.17) is 39.1 Å². The molecule has 0 fully saturated rings. The first-order chi connectivity index (χ1) is 7.02. The number of hydrogen-bond acceptors (Lipinski definition) is 4.